The maximum absolute atomic E-state index is 13.6. The second-order valence-corrected chi connectivity index (χ2v) is 7.86. The third-order valence-electron chi connectivity index (χ3n) is 5.75. The number of pyridine rings is 1. The smallest absolute Gasteiger partial charge is 0.223 e. The molecule has 4 heterocycles. The van der Waals surface area contributed by atoms with Crippen LogP contribution in [0.2, 0.25) is 0 Å². The van der Waals surface area contributed by atoms with Gasteiger partial charge in [0.05, 0.1) is 30.0 Å². The molecule has 0 fully saturated rings. The van der Waals surface area contributed by atoms with Gasteiger partial charge in [-0.3, -0.25) is 9.59 Å². The highest BCUT2D eigenvalue weighted by Gasteiger charge is 2.26. The van der Waals surface area contributed by atoms with Crippen LogP contribution in [0.4, 0.5) is 4.39 Å². The van der Waals surface area contributed by atoms with Gasteiger partial charge in [-0.25, -0.2) is 14.4 Å². The zero-order valence-corrected chi connectivity index (χ0v) is 17.5. The van der Waals surface area contributed by atoms with Gasteiger partial charge in [0.2, 0.25) is 11.8 Å². The minimum absolute atomic E-state index is 0.0000563. The van der Waals surface area contributed by atoms with E-state index >= 15 is 0 Å². The fourth-order valence-corrected chi connectivity index (χ4v) is 4.18. The molecule has 0 unspecified atom stereocenters. The number of halogens is 1. The Hall–Kier alpha value is -4.01. The van der Waals surface area contributed by atoms with Crippen molar-refractivity contribution in [2.24, 2.45) is 5.73 Å². The van der Waals surface area contributed by atoms with Crippen molar-refractivity contribution >= 4 is 17.5 Å². The van der Waals surface area contributed by atoms with Gasteiger partial charge in [0.15, 0.2) is 0 Å². The molecule has 3 aromatic heterocycles. The van der Waals surface area contributed by atoms with Crippen molar-refractivity contribution < 1.29 is 14.0 Å². The summed E-state index contributed by atoms with van der Waals surface area (Å²) in [6, 6.07) is 10.0. The molecule has 0 bridgehead atoms. The first-order valence-electron chi connectivity index (χ1n) is 10.3. The highest BCUT2D eigenvalue weighted by molar-refractivity contribution is 5.80. The average molecular weight is 432 g/mol. The van der Waals surface area contributed by atoms with Crippen LogP contribution in [0.15, 0.2) is 48.8 Å². The number of primary amides is 1. The number of nitrogens with zero attached hydrogens (tertiary/aromatic N) is 5. The molecule has 0 saturated carbocycles. The molecule has 0 aliphatic carbocycles. The molecule has 32 heavy (non-hydrogen) atoms. The van der Waals surface area contributed by atoms with Crippen molar-refractivity contribution in [3.8, 4) is 22.5 Å². The Morgan fingerprint density at radius 2 is 1.84 bits per heavy atom. The molecule has 0 radical (unpaired) electrons. The van der Waals surface area contributed by atoms with E-state index in [1.165, 1.54) is 12.1 Å². The zero-order valence-electron chi connectivity index (χ0n) is 17.5. The summed E-state index contributed by atoms with van der Waals surface area (Å²) in [4.78, 5) is 34.3. The fraction of sp³-hybridized carbons (Fsp3) is 0.217. The lowest BCUT2D eigenvalue weighted by atomic mass is 10.1. The van der Waals surface area contributed by atoms with Gasteiger partial charge in [-0.15, -0.1) is 0 Å². The molecule has 0 atom stereocenters. The monoisotopic (exact) mass is 432 g/mol. The van der Waals surface area contributed by atoms with Crippen LogP contribution in [0.5, 0.6) is 0 Å². The Balaban J connectivity index is 1.69. The molecular formula is C23H21FN6O2. The Kier molecular flexibility index (Phi) is 4.73. The number of amides is 2. The molecule has 0 spiro atoms. The summed E-state index contributed by atoms with van der Waals surface area (Å²) in [6.45, 7) is 3.13. The predicted molar refractivity (Wildman–Crippen MR) is 116 cm³/mol. The van der Waals surface area contributed by atoms with Gasteiger partial charge >= 0.3 is 0 Å². The maximum atomic E-state index is 13.6. The number of carbonyl (C=O) groups excluding carboxylic acids is 2. The molecule has 2 N–H and O–H groups in total. The van der Waals surface area contributed by atoms with Crippen molar-refractivity contribution in [3.63, 3.8) is 0 Å². The predicted octanol–water partition coefficient (Wildman–Crippen LogP) is 2.39. The number of carbonyl (C=O) groups is 2. The Bertz CT molecular complexity index is 1360. The lowest BCUT2D eigenvalue weighted by Crippen LogP contribution is -2.37. The number of hydrogen-bond acceptors (Lipinski definition) is 4. The SMILES string of the molecule is CC(=O)N1CCn2c(nc(-c3ccc(F)cc3)c2-c2ccc3ncc(CC(N)=O)n3c2)C1. The summed E-state index contributed by atoms with van der Waals surface area (Å²) in [7, 11) is 0. The summed E-state index contributed by atoms with van der Waals surface area (Å²) >= 11 is 0. The van der Waals surface area contributed by atoms with Crippen LogP contribution < -0.4 is 5.73 Å². The third kappa shape index (κ3) is 3.41. The first-order chi connectivity index (χ1) is 15.4. The van der Waals surface area contributed by atoms with E-state index in [2.05, 4.69) is 9.55 Å². The lowest BCUT2D eigenvalue weighted by molar-refractivity contribution is -0.130. The number of imidazole rings is 2. The summed E-state index contributed by atoms with van der Waals surface area (Å²) in [5.74, 6) is 0.0112. The number of rotatable bonds is 4. The van der Waals surface area contributed by atoms with Crippen molar-refractivity contribution in [2.75, 3.05) is 6.54 Å². The summed E-state index contributed by atoms with van der Waals surface area (Å²) in [5.41, 5.74) is 10.0. The van der Waals surface area contributed by atoms with Gasteiger partial charge in [-0.05, 0) is 36.4 Å². The van der Waals surface area contributed by atoms with Crippen molar-refractivity contribution in [1.29, 1.82) is 0 Å². The lowest BCUT2D eigenvalue weighted by Gasteiger charge is -2.27. The van der Waals surface area contributed by atoms with E-state index in [-0.39, 0.29) is 18.1 Å². The fourth-order valence-electron chi connectivity index (χ4n) is 4.18. The number of benzene rings is 1. The Morgan fingerprint density at radius 3 is 2.56 bits per heavy atom. The first kappa shape index (κ1) is 19.9. The number of fused-ring (bicyclic) bond motifs is 2. The normalized spacial score (nSPS) is 13.4. The Labute approximate surface area is 183 Å². The molecule has 1 aromatic carbocycles. The van der Waals surface area contributed by atoms with Crippen molar-refractivity contribution in [1.82, 2.24) is 23.8 Å². The minimum Gasteiger partial charge on any atom is -0.369 e. The first-order valence-corrected chi connectivity index (χ1v) is 10.3. The molecule has 9 heteroatoms. The van der Waals surface area contributed by atoms with E-state index in [9.17, 15) is 14.0 Å². The molecule has 162 valence electrons. The van der Waals surface area contributed by atoms with Crippen LogP contribution in [0.1, 0.15) is 18.4 Å². The summed E-state index contributed by atoms with van der Waals surface area (Å²) < 4.78 is 17.5. The molecule has 8 nitrogen and oxygen atoms in total. The van der Waals surface area contributed by atoms with Crippen molar-refractivity contribution in [3.05, 3.63) is 66.1 Å². The number of aromatic nitrogens is 4. The van der Waals surface area contributed by atoms with E-state index in [4.69, 9.17) is 10.7 Å². The molecule has 0 saturated heterocycles. The van der Waals surface area contributed by atoms with Crippen LogP contribution >= 0.6 is 0 Å². The highest BCUT2D eigenvalue weighted by Crippen LogP contribution is 2.35. The van der Waals surface area contributed by atoms with Gasteiger partial charge in [0.1, 0.15) is 17.3 Å². The van der Waals surface area contributed by atoms with Crippen LogP contribution in [-0.2, 0) is 29.1 Å². The maximum Gasteiger partial charge on any atom is 0.223 e. The van der Waals surface area contributed by atoms with Crippen molar-refractivity contribution in [2.45, 2.75) is 26.4 Å². The topological polar surface area (TPSA) is 98.5 Å². The molecule has 1 aliphatic heterocycles. The van der Waals surface area contributed by atoms with Crippen LogP contribution in [0.3, 0.4) is 0 Å². The average Bonchev–Trinajstić information content (AvgIpc) is 3.34. The van der Waals surface area contributed by atoms with Gasteiger partial charge in [0.25, 0.3) is 0 Å². The van der Waals surface area contributed by atoms with Gasteiger partial charge in [-0.2, -0.15) is 0 Å². The van der Waals surface area contributed by atoms with Gasteiger partial charge < -0.3 is 19.6 Å². The van der Waals surface area contributed by atoms with E-state index in [1.807, 2.05) is 22.7 Å². The molecule has 5 rings (SSSR count). The minimum atomic E-state index is -0.435. The molecular weight excluding hydrogens is 411 g/mol. The summed E-state index contributed by atoms with van der Waals surface area (Å²) in [6.07, 6.45) is 3.63. The van der Waals surface area contributed by atoms with Crippen LogP contribution in [-0.4, -0.2) is 42.2 Å². The molecule has 4 aromatic rings. The largest absolute Gasteiger partial charge is 0.369 e. The van der Waals surface area contributed by atoms with E-state index in [0.29, 0.717) is 36.7 Å². The second-order valence-electron chi connectivity index (χ2n) is 7.86. The van der Waals surface area contributed by atoms with Gasteiger partial charge in [0, 0.05) is 43.5 Å². The molecule has 2 amide bonds. The Morgan fingerprint density at radius 1 is 1.09 bits per heavy atom. The second kappa shape index (κ2) is 7.60. The van der Waals surface area contributed by atoms with E-state index < -0.39 is 5.91 Å². The third-order valence-corrected chi connectivity index (χ3v) is 5.75. The summed E-state index contributed by atoms with van der Waals surface area (Å²) in [5, 5.41) is 0. The number of nitrogens with two attached hydrogens (primary N) is 1. The van der Waals surface area contributed by atoms with Crippen LogP contribution in [0, 0.1) is 5.82 Å². The van der Waals surface area contributed by atoms with E-state index in [1.54, 1.807) is 30.2 Å². The highest BCUT2D eigenvalue weighted by atomic mass is 19.1. The number of hydrogen-bond donors (Lipinski definition) is 1. The molecule has 1 aliphatic rings. The zero-order chi connectivity index (χ0) is 22.4. The van der Waals surface area contributed by atoms with Gasteiger partial charge in [-0.1, -0.05) is 0 Å². The van der Waals surface area contributed by atoms with E-state index in [0.717, 1.165) is 22.6 Å². The standard InChI is InChI=1S/C23H21FN6O2/c1-14(31)28-8-9-29-21(13-28)27-22(15-2-5-17(24)6-3-15)23(29)16-4-7-20-26-11-18(10-19(25)32)30(20)12-16/h2-7,11-12H,8-10,13H2,1H3,(H2,25,32). The van der Waals surface area contributed by atoms with Crippen LogP contribution in [0.25, 0.3) is 28.2 Å². The quantitative estimate of drug-likeness (QED) is 0.535.